The highest BCUT2D eigenvalue weighted by Gasteiger charge is 2.26. The van der Waals surface area contributed by atoms with Gasteiger partial charge in [0.1, 0.15) is 29.8 Å². The number of aromatic carboxylic acids is 1. The molecule has 6 heterocycles. The molecule has 0 radical (unpaired) electrons. The van der Waals surface area contributed by atoms with Gasteiger partial charge in [0.15, 0.2) is 11.3 Å². The third-order valence-electron chi connectivity index (χ3n) is 7.51. The number of carboxylic acid groups (broad SMARTS) is 1. The molecular formula is C29H29N7O4. The van der Waals surface area contributed by atoms with Crippen molar-refractivity contribution in [3.63, 3.8) is 0 Å². The number of carboxylic acids is 1. The summed E-state index contributed by atoms with van der Waals surface area (Å²) in [5.74, 6) is 1.74. The molecule has 0 spiro atoms. The van der Waals surface area contributed by atoms with Gasteiger partial charge >= 0.3 is 5.97 Å². The Morgan fingerprint density at radius 1 is 1.10 bits per heavy atom. The van der Waals surface area contributed by atoms with E-state index >= 15 is 0 Å². The van der Waals surface area contributed by atoms with Gasteiger partial charge in [0, 0.05) is 38.4 Å². The lowest BCUT2D eigenvalue weighted by molar-refractivity contribution is -0.0591. The number of nitrogens with zero attached hydrogens (tertiary/aromatic N) is 7. The van der Waals surface area contributed by atoms with Crippen LogP contribution in [0, 0.1) is 17.2 Å². The number of rotatable bonds is 9. The van der Waals surface area contributed by atoms with Crippen molar-refractivity contribution in [1.29, 1.82) is 5.26 Å². The Balaban J connectivity index is 1.10. The van der Waals surface area contributed by atoms with Gasteiger partial charge in [-0.3, -0.25) is 4.98 Å². The first-order valence-electron chi connectivity index (χ1n) is 13.5. The summed E-state index contributed by atoms with van der Waals surface area (Å²) in [6.45, 7) is 3.40. The summed E-state index contributed by atoms with van der Waals surface area (Å²) < 4.78 is 13.6. The van der Waals surface area contributed by atoms with E-state index < -0.39 is 5.97 Å². The lowest BCUT2D eigenvalue weighted by Crippen LogP contribution is -2.35. The zero-order valence-electron chi connectivity index (χ0n) is 21.9. The van der Waals surface area contributed by atoms with Gasteiger partial charge in [-0.05, 0) is 55.5 Å². The minimum atomic E-state index is -1.04. The Hall–Kier alpha value is -4.56. The van der Waals surface area contributed by atoms with E-state index in [1.807, 2.05) is 18.2 Å². The Kier molecular flexibility index (Phi) is 7.25. The van der Waals surface area contributed by atoms with E-state index in [2.05, 4.69) is 25.5 Å². The molecule has 6 rings (SSSR count). The monoisotopic (exact) mass is 539 g/mol. The van der Waals surface area contributed by atoms with Gasteiger partial charge < -0.3 is 24.0 Å². The second-order valence-corrected chi connectivity index (χ2v) is 10.2. The van der Waals surface area contributed by atoms with Crippen LogP contribution in [0.25, 0.3) is 11.2 Å². The molecule has 0 amide bonds. The van der Waals surface area contributed by atoms with E-state index in [0.717, 1.165) is 62.7 Å². The minimum absolute atomic E-state index is 0.0231. The number of ether oxygens (including phenoxy) is 2. The molecule has 2 saturated heterocycles. The smallest absolute Gasteiger partial charge is 0.354 e. The molecular weight excluding hydrogens is 510 g/mol. The Morgan fingerprint density at radius 2 is 1.95 bits per heavy atom. The molecule has 1 unspecified atom stereocenters. The molecule has 0 aliphatic carbocycles. The van der Waals surface area contributed by atoms with E-state index in [-0.39, 0.29) is 18.4 Å². The van der Waals surface area contributed by atoms with E-state index in [4.69, 9.17) is 24.7 Å². The molecule has 1 N–H and O–H groups in total. The maximum absolute atomic E-state index is 11.5. The number of hydrogen-bond acceptors (Lipinski definition) is 9. The summed E-state index contributed by atoms with van der Waals surface area (Å²) in [6.07, 6.45) is 5.40. The molecule has 2 aliphatic rings. The minimum Gasteiger partial charge on any atom is -0.477 e. The molecule has 4 aromatic heterocycles. The summed E-state index contributed by atoms with van der Waals surface area (Å²) in [5.41, 5.74) is 2.60. The second-order valence-electron chi connectivity index (χ2n) is 10.2. The zero-order chi connectivity index (χ0) is 27.5. The largest absolute Gasteiger partial charge is 0.477 e. The topological polar surface area (TPSA) is 139 Å². The fourth-order valence-corrected chi connectivity index (χ4v) is 5.16. The number of nitriles is 1. The molecule has 11 heteroatoms. The number of fused-ring (bicyclic) bond motifs is 1. The molecule has 0 saturated carbocycles. The van der Waals surface area contributed by atoms with Crippen molar-refractivity contribution in [2.75, 3.05) is 24.6 Å². The van der Waals surface area contributed by atoms with Gasteiger partial charge in [0.25, 0.3) is 0 Å². The molecule has 2 aliphatic heterocycles. The highest BCUT2D eigenvalue weighted by atomic mass is 16.5. The maximum Gasteiger partial charge on any atom is 0.354 e. The first-order valence-corrected chi connectivity index (χ1v) is 13.5. The molecule has 1 atom stereocenters. The average Bonchev–Trinajstić information content (AvgIpc) is 3.30. The summed E-state index contributed by atoms with van der Waals surface area (Å²) >= 11 is 0. The van der Waals surface area contributed by atoms with Crippen LogP contribution in [0.15, 0.2) is 48.7 Å². The van der Waals surface area contributed by atoms with Gasteiger partial charge in [-0.25, -0.2) is 14.8 Å². The Labute approximate surface area is 231 Å². The molecule has 0 bridgehead atoms. The van der Waals surface area contributed by atoms with Crippen molar-refractivity contribution in [1.82, 2.24) is 24.5 Å². The van der Waals surface area contributed by atoms with Gasteiger partial charge in [-0.2, -0.15) is 10.2 Å². The van der Waals surface area contributed by atoms with Crippen molar-refractivity contribution < 1.29 is 19.4 Å². The van der Waals surface area contributed by atoms with Crippen LogP contribution in [-0.4, -0.2) is 61.4 Å². The van der Waals surface area contributed by atoms with Crippen LogP contribution in [0.5, 0.6) is 5.88 Å². The van der Waals surface area contributed by atoms with Gasteiger partial charge in [-0.15, -0.1) is 0 Å². The third kappa shape index (κ3) is 5.58. The number of piperidine rings is 1. The van der Waals surface area contributed by atoms with Crippen LogP contribution in [-0.2, 0) is 24.3 Å². The summed E-state index contributed by atoms with van der Waals surface area (Å²) in [7, 11) is 0. The van der Waals surface area contributed by atoms with Crippen molar-refractivity contribution >= 4 is 23.0 Å². The highest BCUT2D eigenvalue weighted by Crippen LogP contribution is 2.28. The number of aromatic nitrogens is 5. The van der Waals surface area contributed by atoms with E-state index in [1.165, 1.54) is 12.3 Å². The predicted molar refractivity (Wildman–Crippen MR) is 145 cm³/mol. The van der Waals surface area contributed by atoms with Crippen molar-refractivity contribution in [2.24, 2.45) is 5.92 Å². The molecule has 2 fully saturated rings. The fraction of sp³-hybridized carbons (Fsp3) is 0.379. The standard InChI is InChI=1S/C29H29N7O4/c30-15-20-4-5-21(31-16-20)18-40-27-3-1-2-25(34-27)35-11-8-19(9-12-35)14-26-32-23-6-7-24(29(37)38)33-28(23)36(26)17-22-10-13-39-22/h1-7,16,19,22H,8-14,17-18H2,(H,37,38). The zero-order valence-corrected chi connectivity index (χ0v) is 21.9. The molecule has 4 aromatic rings. The number of imidazole rings is 1. The van der Waals surface area contributed by atoms with E-state index in [1.54, 1.807) is 18.2 Å². The first-order chi connectivity index (χ1) is 19.6. The van der Waals surface area contributed by atoms with Crippen LogP contribution in [0.2, 0.25) is 0 Å². The van der Waals surface area contributed by atoms with Crippen molar-refractivity contribution in [3.8, 4) is 11.9 Å². The van der Waals surface area contributed by atoms with Crippen LogP contribution in [0.4, 0.5) is 5.82 Å². The van der Waals surface area contributed by atoms with Gasteiger partial charge in [-0.1, -0.05) is 6.07 Å². The summed E-state index contributed by atoms with van der Waals surface area (Å²) in [6, 6.07) is 14.6. The summed E-state index contributed by atoms with van der Waals surface area (Å²) in [4.78, 5) is 32.0. The number of anilines is 1. The molecule has 40 heavy (non-hydrogen) atoms. The maximum atomic E-state index is 11.5. The van der Waals surface area contributed by atoms with Crippen molar-refractivity contribution in [2.45, 2.75) is 44.9 Å². The number of carbonyl (C=O) groups is 1. The predicted octanol–water partition coefficient (Wildman–Crippen LogP) is 3.62. The van der Waals surface area contributed by atoms with Crippen LogP contribution >= 0.6 is 0 Å². The number of hydrogen-bond donors (Lipinski definition) is 1. The lowest BCUT2D eigenvalue weighted by atomic mass is 9.93. The van der Waals surface area contributed by atoms with E-state index in [9.17, 15) is 9.90 Å². The molecule has 0 aromatic carbocycles. The number of pyridine rings is 3. The fourth-order valence-electron chi connectivity index (χ4n) is 5.16. The third-order valence-corrected chi connectivity index (χ3v) is 7.51. The van der Waals surface area contributed by atoms with Crippen LogP contribution < -0.4 is 9.64 Å². The van der Waals surface area contributed by atoms with Crippen molar-refractivity contribution in [3.05, 3.63) is 71.4 Å². The van der Waals surface area contributed by atoms with Crippen LogP contribution in [0.3, 0.4) is 0 Å². The Bertz CT molecular complexity index is 1550. The van der Waals surface area contributed by atoms with Gasteiger partial charge in [0.05, 0.1) is 23.9 Å². The quantitative estimate of drug-likeness (QED) is 0.335. The summed E-state index contributed by atoms with van der Waals surface area (Å²) in [5, 5.41) is 18.4. The van der Waals surface area contributed by atoms with Gasteiger partial charge in [0.2, 0.25) is 5.88 Å². The van der Waals surface area contributed by atoms with E-state index in [0.29, 0.717) is 35.1 Å². The Morgan fingerprint density at radius 3 is 2.65 bits per heavy atom. The second kappa shape index (κ2) is 11.3. The average molecular weight is 540 g/mol. The molecule has 204 valence electrons. The van der Waals surface area contributed by atoms with Crippen LogP contribution in [0.1, 0.15) is 46.8 Å². The first kappa shape index (κ1) is 25.7. The highest BCUT2D eigenvalue weighted by molar-refractivity contribution is 5.88. The molecule has 11 nitrogen and oxygen atoms in total. The normalized spacial score (nSPS) is 17.4. The SMILES string of the molecule is N#Cc1ccc(COc2cccc(N3CCC(Cc4nc5ccc(C(=O)O)nc5n4CC4CCO4)CC3)n2)nc1. The lowest BCUT2D eigenvalue weighted by Gasteiger charge is -2.33.